The number of ether oxygens (including phenoxy) is 2. The zero-order valence-corrected chi connectivity index (χ0v) is 20.8. The second-order valence-corrected chi connectivity index (χ2v) is 10.2. The lowest BCUT2D eigenvalue weighted by atomic mass is 10.1. The highest BCUT2D eigenvalue weighted by Gasteiger charge is 2.17. The number of nitrogens with zero attached hydrogens (tertiary/aromatic N) is 3. The van der Waals surface area contributed by atoms with E-state index < -0.39 is 15.9 Å². The van der Waals surface area contributed by atoms with E-state index in [1.54, 1.807) is 6.07 Å². The Labute approximate surface area is 212 Å². The Morgan fingerprint density at radius 3 is 2.44 bits per heavy atom. The number of amides is 1. The number of halogens is 1. The van der Waals surface area contributed by atoms with Crippen LogP contribution in [0.1, 0.15) is 6.92 Å². The van der Waals surface area contributed by atoms with Crippen molar-refractivity contribution in [2.75, 3.05) is 31.2 Å². The normalized spacial score (nSPS) is 14.1. The molecule has 4 aromatic rings. The predicted octanol–water partition coefficient (Wildman–Crippen LogP) is 3.73. The second-order valence-electron chi connectivity index (χ2n) is 8.11. The topological polar surface area (TPSA) is 127 Å². The quantitative estimate of drug-likeness (QED) is 0.388. The summed E-state index contributed by atoms with van der Waals surface area (Å²) in [6.45, 7) is 4.27. The molecule has 0 spiro atoms. The number of sulfonamides is 1. The molecule has 0 atom stereocenters. The lowest BCUT2D eigenvalue weighted by molar-refractivity contribution is -0.117. The number of anilines is 1. The number of pyridine rings is 1. The number of carbonyl (C=O) groups excluding carboxylic acids is 1. The minimum atomic E-state index is -3.93. The fourth-order valence-electron chi connectivity index (χ4n) is 3.84. The van der Waals surface area contributed by atoms with Crippen molar-refractivity contribution in [2.45, 2.75) is 11.8 Å². The number of nitrogens with one attached hydrogen (secondary N) is 2. The van der Waals surface area contributed by atoms with Gasteiger partial charge < -0.3 is 19.4 Å². The minimum absolute atomic E-state index is 0.0626. The molecule has 1 saturated heterocycles. The molecule has 2 N–H and O–H groups in total. The summed E-state index contributed by atoms with van der Waals surface area (Å²) in [7, 11) is -3.93. The molecule has 0 bridgehead atoms. The highest BCUT2D eigenvalue weighted by atomic mass is 35.5. The molecule has 186 valence electrons. The number of carbonyl (C=O) groups is 1. The van der Waals surface area contributed by atoms with Crippen LogP contribution in [0, 0.1) is 0 Å². The summed E-state index contributed by atoms with van der Waals surface area (Å²) >= 11 is 6.53. The number of hydrogen-bond donors (Lipinski definition) is 2. The highest BCUT2D eigenvalue weighted by Crippen LogP contribution is 2.31. The third kappa shape index (κ3) is 5.13. The van der Waals surface area contributed by atoms with Crippen LogP contribution in [-0.2, 0) is 19.6 Å². The van der Waals surface area contributed by atoms with Crippen LogP contribution < -0.4 is 14.4 Å². The smallest absolute Gasteiger partial charge is 0.301 e. The Morgan fingerprint density at radius 1 is 1.08 bits per heavy atom. The number of aromatic nitrogens is 3. The van der Waals surface area contributed by atoms with Gasteiger partial charge in [0.25, 0.3) is 10.0 Å². The van der Waals surface area contributed by atoms with Crippen molar-refractivity contribution < 1.29 is 22.7 Å². The first kappa shape index (κ1) is 24.0. The summed E-state index contributed by atoms with van der Waals surface area (Å²) in [6.07, 6.45) is 0. The van der Waals surface area contributed by atoms with Crippen molar-refractivity contribution in [3.8, 4) is 23.0 Å². The number of H-pyrrole nitrogens is 1. The van der Waals surface area contributed by atoms with Gasteiger partial charge in [-0.1, -0.05) is 23.7 Å². The molecule has 2 aromatic heterocycles. The summed E-state index contributed by atoms with van der Waals surface area (Å²) in [5.74, 6) is -0.322. The molecule has 2 aromatic carbocycles. The van der Waals surface area contributed by atoms with E-state index in [9.17, 15) is 13.2 Å². The molecule has 0 radical (unpaired) electrons. The second kappa shape index (κ2) is 9.76. The largest absolute Gasteiger partial charge is 0.426 e. The van der Waals surface area contributed by atoms with Crippen LogP contribution in [0.2, 0.25) is 5.02 Å². The average Bonchev–Trinajstić information content (AvgIpc) is 3.24. The van der Waals surface area contributed by atoms with Crippen LogP contribution in [0.15, 0.2) is 59.5 Å². The molecule has 5 rings (SSSR count). The van der Waals surface area contributed by atoms with Crippen LogP contribution in [0.25, 0.3) is 22.4 Å². The lowest BCUT2D eigenvalue weighted by Crippen LogP contribution is -2.36. The number of rotatable bonds is 6. The van der Waals surface area contributed by atoms with Crippen LogP contribution in [0.3, 0.4) is 0 Å². The molecular weight excluding hydrogens is 506 g/mol. The van der Waals surface area contributed by atoms with Gasteiger partial charge in [0.1, 0.15) is 5.75 Å². The maximum absolute atomic E-state index is 12.1. The number of imidazole rings is 1. The van der Waals surface area contributed by atoms with Gasteiger partial charge in [-0.15, -0.1) is 0 Å². The van der Waals surface area contributed by atoms with E-state index >= 15 is 0 Å². The van der Waals surface area contributed by atoms with Gasteiger partial charge >= 0.3 is 6.01 Å². The number of hydrogen-bond acceptors (Lipinski definition) is 8. The van der Waals surface area contributed by atoms with Crippen molar-refractivity contribution in [1.82, 2.24) is 19.7 Å². The van der Waals surface area contributed by atoms with E-state index in [-0.39, 0.29) is 10.9 Å². The molecule has 1 aliphatic heterocycles. The van der Waals surface area contributed by atoms with Gasteiger partial charge in [-0.2, -0.15) is 4.98 Å². The van der Waals surface area contributed by atoms with Crippen molar-refractivity contribution >= 4 is 44.4 Å². The van der Waals surface area contributed by atoms with E-state index in [1.165, 1.54) is 24.3 Å². The monoisotopic (exact) mass is 527 g/mol. The molecule has 0 unspecified atom stereocenters. The highest BCUT2D eigenvalue weighted by molar-refractivity contribution is 7.90. The van der Waals surface area contributed by atoms with E-state index in [2.05, 4.69) is 19.9 Å². The standard InChI is InChI=1S/C24H22ClN5O5S/c1-15(31)29-36(32,33)19-8-6-18(7-9-19)35-24-26-21-14-20(25)22(27-23(21)28-24)16-2-4-17(5-3-16)30-10-12-34-13-11-30/h2-9,14H,10-13H2,1H3,(H,29,31)(H,26,27,28). The van der Waals surface area contributed by atoms with Crippen LogP contribution in [0.5, 0.6) is 11.8 Å². The first-order valence-corrected chi connectivity index (χ1v) is 13.0. The molecule has 12 heteroatoms. The molecule has 36 heavy (non-hydrogen) atoms. The molecular formula is C24H22ClN5O5S. The molecule has 0 aliphatic carbocycles. The van der Waals surface area contributed by atoms with Gasteiger partial charge in [-0.25, -0.2) is 18.1 Å². The van der Waals surface area contributed by atoms with Crippen LogP contribution in [0.4, 0.5) is 5.69 Å². The molecule has 0 saturated carbocycles. The predicted molar refractivity (Wildman–Crippen MR) is 135 cm³/mol. The van der Waals surface area contributed by atoms with Crippen molar-refractivity contribution in [3.05, 3.63) is 59.6 Å². The zero-order chi connectivity index (χ0) is 25.3. The maximum atomic E-state index is 12.1. The number of morpholine rings is 1. The SMILES string of the molecule is CC(=O)NS(=O)(=O)c1ccc(Oc2nc3nc(-c4ccc(N5CCOCC5)cc4)c(Cl)cc3[nH]2)cc1. The van der Waals surface area contributed by atoms with Crippen molar-refractivity contribution in [1.29, 1.82) is 0 Å². The van der Waals surface area contributed by atoms with Crippen LogP contribution in [-0.4, -0.2) is 55.6 Å². The number of fused-ring (bicyclic) bond motifs is 1. The zero-order valence-electron chi connectivity index (χ0n) is 19.2. The maximum Gasteiger partial charge on any atom is 0.301 e. The third-order valence-corrected chi connectivity index (χ3v) is 7.29. The summed E-state index contributed by atoms with van der Waals surface area (Å²) in [5, 5.41) is 0.462. The van der Waals surface area contributed by atoms with Gasteiger partial charge in [0, 0.05) is 31.3 Å². The van der Waals surface area contributed by atoms with Gasteiger partial charge in [0.15, 0.2) is 5.65 Å². The first-order valence-electron chi connectivity index (χ1n) is 11.1. The van der Waals surface area contributed by atoms with Gasteiger partial charge in [0.2, 0.25) is 5.91 Å². The average molecular weight is 528 g/mol. The molecule has 1 amide bonds. The van der Waals surface area contributed by atoms with Gasteiger partial charge in [-0.05, 0) is 42.5 Å². The fourth-order valence-corrected chi connectivity index (χ4v) is 5.10. The Balaban J connectivity index is 1.35. The first-order chi connectivity index (χ1) is 17.3. The summed E-state index contributed by atoms with van der Waals surface area (Å²) in [4.78, 5) is 25.3. The van der Waals surface area contributed by atoms with Crippen molar-refractivity contribution in [3.63, 3.8) is 0 Å². The van der Waals surface area contributed by atoms with Crippen molar-refractivity contribution in [2.24, 2.45) is 0 Å². The Bertz CT molecular complexity index is 1520. The third-order valence-electron chi connectivity index (χ3n) is 5.55. The van der Waals surface area contributed by atoms with E-state index in [0.29, 0.717) is 27.6 Å². The number of benzene rings is 2. The molecule has 1 aliphatic rings. The minimum Gasteiger partial charge on any atom is -0.426 e. The van der Waals surface area contributed by atoms with Gasteiger partial charge in [-0.3, -0.25) is 4.79 Å². The number of aromatic amines is 1. The summed E-state index contributed by atoms with van der Waals surface area (Å²) in [5.41, 5.74) is 3.59. The van der Waals surface area contributed by atoms with E-state index in [4.69, 9.17) is 21.1 Å². The Hall–Kier alpha value is -3.67. The Kier molecular flexibility index (Phi) is 6.52. The van der Waals surface area contributed by atoms with E-state index in [0.717, 1.165) is 44.5 Å². The molecule has 3 heterocycles. The fraction of sp³-hybridized carbons (Fsp3) is 0.208. The van der Waals surface area contributed by atoms with Crippen LogP contribution >= 0.6 is 11.6 Å². The summed E-state index contributed by atoms with van der Waals surface area (Å²) < 4.78 is 37.2. The van der Waals surface area contributed by atoms with Gasteiger partial charge in [0.05, 0.1) is 34.3 Å². The molecule has 1 fully saturated rings. The summed E-state index contributed by atoms with van der Waals surface area (Å²) in [6, 6.07) is 15.5. The Morgan fingerprint density at radius 2 is 1.78 bits per heavy atom. The lowest BCUT2D eigenvalue weighted by Gasteiger charge is -2.28. The molecule has 10 nitrogen and oxygen atoms in total. The van der Waals surface area contributed by atoms with E-state index in [1.807, 2.05) is 29.0 Å².